The third-order valence-corrected chi connectivity index (χ3v) is 2.79. The highest BCUT2D eigenvalue weighted by atomic mass is 79.9. The van der Waals surface area contributed by atoms with Gasteiger partial charge in [0, 0.05) is 9.50 Å². The minimum Gasteiger partial charge on any atom is -0.330 e. The zero-order chi connectivity index (χ0) is 8.97. The van der Waals surface area contributed by atoms with Crippen LogP contribution >= 0.6 is 27.5 Å². The topological polar surface area (TPSA) is 26.0 Å². The Bertz CT molecular complexity index is 242. The smallest absolute Gasteiger partial charge is 0.0449 e. The van der Waals surface area contributed by atoms with Gasteiger partial charge in [0.25, 0.3) is 0 Å². The lowest BCUT2D eigenvalue weighted by Gasteiger charge is -2.05. The van der Waals surface area contributed by atoms with E-state index in [4.69, 9.17) is 17.3 Å². The molecule has 1 rings (SSSR count). The van der Waals surface area contributed by atoms with E-state index in [1.54, 1.807) is 0 Å². The molecule has 1 aromatic carbocycles. The molecule has 1 nitrogen and oxygen atoms in total. The van der Waals surface area contributed by atoms with Gasteiger partial charge in [0.2, 0.25) is 0 Å². The fourth-order valence-electron chi connectivity index (χ4n) is 1.05. The monoisotopic (exact) mass is 247 g/mol. The van der Waals surface area contributed by atoms with Crippen molar-refractivity contribution in [1.29, 1.82) is 0 Å². The van der Waals surface area contributed by atoms with Crippen molar-refractivity contribution in [3.05, 3.63) is 33.3 Å². The van der Waals surface area contributed by atoms with E-state index in [-0.39, 0.29) is 0 Å². The summed E-state index contributed by atoms with van der Waals surface area (Å²) in [6.07, 6.45) is 1.92. The molecule has 0 aliphatic heterocycles. The SMILES string of the molecule is NCCCc1c(Cl)cccc1Br. The minimum atomic E-state index is 0.706. The number of hydrogen-bond acceptors (Lipinski definition) is 1. The van der Waals surface area contributed by atoms with E-state index in [9.17, 15) is 0 Å². The van der Waals surface area contributed by atoms with Gasteiger partial charge in [-0.25, -0.2) is 0 Å². The lowest BCUT2D eigenvalue weighted by atomic mass is 10.1. The average molecular weight is 249 g/mol. The molecule has 0 saturated carbocycles. The molecule has 0 aliphatic rings. The van der Waals surface area contributed by atoms with Crippen LogP contribution in [0.25, 0.3) is 0 Å². The third-order valence-electron chi connectivity index (χ3n) is 1.69. The highest BCUT2D eigenvalue weighted by molar-refractivity contribution is 9.10. The first-order valence-corrected chi connectivity index (χ1v) is 5.05. The van der Waals surface area contributed by atoms with Crippen LogP contribution < -0.4 is 5.73 Å². The van der Waals surface area contributed by atoms with Gasteiger partial charge in [-0.2, -0.15) is 0 Å². The summed E-state index contributed by atoms with van der Waals surface area (Å²) < 4.78 is 1.07. The largest absolute Gasteiger partial charge is 0.330 e. The summed E-state index contributed by atoms with van der Waals surface area (Å²) >= 11 is 9.45. The van der Waals surface area contributed by atoms with Gasteiger partial charge in [-0.15, -0.1) is 0 Å². The first-order chi connectivity index (χ1) is 5.75. The predicted octanol–water partition coefficient (Wildman–Crippen LogP) is 2.99. The lowest BCUT2D eigenvalue weighted by molar-refractivity contribution is 0.830. The van der Waals surface area contributed by atoms with E-state index >= 15 is 0 Å². The highest BCUT2D eigenvalue weighted by Gasteiger charge is 2.02. The van der Waals surface area contributed by atoms with Crippen LogP contribution in [0.4, 0.5) is 0 Å². The van der Waals surface area contributed by atoms with Crippen molar-refractivity contribution in [1.82, 2.24) is 0 Å². The molecule has 0 radical (unpaired) electrons. The number of rotatable bonds is 3. The summed E-state index contributed by atoms with van der Waals surface area (Å²) in [5.41, 5.74) is 6.58. The summed E-state index contributed by atoms with van der Waals surface area (Å²) in [6, 6.07) is 5.83. The van der Waals surface area contributed by atoms with Crippen LogP contribution in [-0.4, -0.2) is 6.54 Å². The quantitative estimate of drug-likeness (QED) is 0.874. The van der Waals surface area contributed by atoms with Gasteiger partial charge in [0.15, 0.2) is 0 Å². The Kier molecular flexibility index (Phi) is 4.06. The molecule has 0 spiro atoms. The van der Waals surface area contributed by atoms with E-state index in [1.165, 1.54) is 0 Å². The molecule has 12 heavy (non-hydrogen) atoms. The second-order valence-electron chi connectivity index (χ2n) is 2.59. The molecular formula is C9H11BrClN. The van der Waals surface area contributed by atoms with Crippen molar-refractivity contribution in [3.8, 4) is 0 Å². The molecule has 0 heterocycles. The molecule has 3 heteroatoms. The molecule has 0 aromatic heterocycles. The van der Waals surface area contributed by atoms with Crippen LogP contribution in [0.2, 0.25) is 5.02 Å². The zero-order valence-electron chi connectivity index (χ0n) is 6.69. The first kappa shape index (κ1) is 10.0. The number of benzene rings is 1. The Hall–Kier alpha value is -0.0500. The zero-order valence-corrected chi connectivity index (χ0v) is 9.03. The molecule has 0 atom stereocenters. The Balaban J connectivity index is 2.81. The molecule has 0 saturated heterocycles. The Morgan fingerprint density at radius 2 is 2.17 bits per heavy atom. The molecule has 2 N–H and O–H groups in total. The molecule has 66 valence electrons. The standard InChI is InChI=1S/C9H11BrClN/c10-8-4-1-5-9(11)7(8)3-2-6-12/h1,4-5H,2-3,6,12H2. The average Bonchev–Trinajstić information content (AvgIpc) is 2.04. The van der Waals surface area contributed by atoms with Crippen molar-refractivity contribution in [2.75, 3.05) is 6.54 Å². The van der Waals surface area contributed by atoms with Gasteiger partial charge in [-0.3, -0.25) is 0 Å². The van der Waals surface area contributed by atoms with E-state index in [1.807, 2.05) is 18.2 Å². The summed E-state index contributed by atoms with van der Waals surface area (Å²) in [6.45, 7) is 0.706. The minimum absolute atomic E-state index is 0.706. The predicted molar refractivity (Wildman–Crippen MR) is 56.5 cm³/mol. The van der Waals surface area contributed by atoms with Crippen LogP contribution in [0, 0.1) is 0 Å². The second-order valence-corrected chi connectivity index (χ2v) is 3.85. The van der Waals surface area contributed by atoms with Gasteiger partial charge in [0.05, 0.1) is 0 Å². The van der Waals surface area contributed by atoms with Crippen LogP contribution in [0.3, 0.4) is 0 Å². The summed E-state index contributed by atoms with van der Waals surface area (Å²) in [4.78, 5) is 0. The number of nitrogens with two attached hydrogens (primary N) is 1. The fourth-order valence-corrected chi connectivity index (χ4v) is 2.00. The van der Waals surface area contributed by atoms with Crippen molar-refractivity contribution in [2.45, 2.75) is 12.8 Å². The summed E-state index contributed by atoms with van der Waals surface area (Å²) in [5.74, 6) is 0. The highest BCUT2D eigenvalue weighted by Crippen LogP contribution is 2.25. The van der Waals surface area contributed by atoms with Crippen molar-refractivity contribution in [2.24, 2.45) is 5.73 Å². The molecule has 1 aromatic rings. The molecular weight excluding hydrogens is 237 g/mol. The summed E-state index contributed by atoms with van der Waals surface area (Å²) in [5, 5.41) is 0.817. The van der Waals surface area contributed by atoms with Crippen molar-refractivity contribution in [3.63, 3.8) is 0 Å². The van der Waals surface area contributed by atoms with Gasteiger partial charge < -0.3 is 5.73 Å². The number of hydrogen-bond donors (Lipinski definition) is 1. The van der Waals surface area contributed by atoms with Crippen LogP contribution in [0.5, 0.6) is 0 Å². The van der Waals surface area contributed by atoms with Gasteiger partial charge >= 0.3 is 0 Å². The maximum Gasteiger partial charge on any atom is 0.0449 e. The first-order valence-electron chi connectivity index (χ1n) is 3.88. The Morgan fingerprint density at radius 1 is 1.42 bits per heavy atom. The Labute approximate surface area is 86.0 Å². The van der Waals surface area contributed by atoms with E-state index < -0.39 is 0 Å². The third kappa shape index (κ3) is 2.47. The van der Waals surface area contributed by atoms with Crippen molar-refractivity contribution < 1.29 is 0 Å². The summed E-state index contributed by atoms with van der Waals surface area (Å²) in [7, 11) is 0. The molecule has 0 unspecified atom stereocenters. The van der Waals surface area contributed by atoms with Crippen LogP contribution in [-0.2, 0) is 6.42 Å². The normalized spacial score (nSPS) is 10.2. The Morgan fingerprint density at radius 3 is 2.75 bits per heavy atom. The van der Waals surface area contributed by atoms with Crippen molar-refractivity contribution >= 4 is 27.5 Å². The van der Waals surface area contributed by atoms with Crippen LogP contribution in [0.1, 0.15) is 12.0 Å². The maximum absolute atomic E-state index is 5.99. The van der Waals surface area contributed by atoms with E-state index in [0.717, 1.165) is 27.9 Å². The molecule has 0 fully saturated rings. The van der Waals surface area contributed by atoms with Crippen LogP contribution in [0.15, 0.2) is 22.7 Å². The molecule has 0 aliphatic carbocycles. The molecule has 0 bridgehead atoms. The van der Waals surface area contributed by atoms with Gasteiger partial charge in [0.1, 0.15) is 0 Å². The molecule has 0 amide bonds. The van der Waals surface area contributed by atoms with E-state index in [2.05, 4.69) is 15.9 Å². The lowest BCUT2D eigenvalue weighted by Crippen LogP contribution is -2.01. The fraction of sp³-hybridized carbons (Fsp3) is 0.333. The second kappa shape index (κ2) is 4.85. The van der Waals surface area contributed by atoms with Gasteiger partial charge in [-0.05, 0) is 37.1 Å². The van der Waals surface area contributed by atoms with E-state index in [0.29, 0.717) is 6.54 Å². The number of halogens is 2. The van der Waals surface area contributed by atoms with Gasteiger partial charge in [-0.1, -0.05) is 33.6 Å². The maximum atomic E-state index is 5.99.